The first-order valence-corrected chi connectivity index (χ1v) is 10.5. The molecule has 2 rings (SSSR count). The van der Waals surface area contributed by atoms with Gasteiger partial charge in [-0.05, 0) is 37.7 Å². The van der Waals surface area contributed by atoms with Crippen LogP contribution in [0, 0.1) is 25.7 Å². The monoisotopic (exact) mass is 428 g/mol. The topological polar surface area (TPSA) is 78.9 Å². The number of carbonyl (C=O) groups excluding carboxylic acids is 1. The molecule has 1 aliphatic rings. The third-order valence-electron chi connectivity index (χ3n) is 4.10. The van der Waals surface area contributed by atoms with Crippen molar-refractivity contribution in [3.63, 3.8) is 0 Å². The summed E-state index contributed by atoms with van der Waals surface area (Å²) in [6.07, 6.45) is 15.3. The van der Waals surface area contributed by atoms with Crippen molar-refractivity contribution in [3.05, 3.63) is 59.7 Å². The fourth-order valence-corrected chi connectivity index (χ4v) is 2.71. The fraction of sp³-hybridized carbons (Fsp3) is 0.440. The lowest BCUT2D eigenvalue weighted by atomic mass is 10.1. The van der Waals surface area contributed by atoms with E-state index in [1.807, 2.05) is 38.1 Å². The van der Waals surface area contributed by atoms with Gasteiger partial charge in [0, 0.05) is 19.6 Å². The highest BCUT2D eigenvalue weighted by Gasteiger charge is 2.16. The second-order valence-electron chi connectivity index (χ2n) is 7.39. The van der Waals surface area contributed by atoms with Gasteiger partial charge in [-0.1, -0.05) is 68.0 Å². The highest BCUT2D eigenvalue weighted by molar-refractivity contribution is 5.68. The van der Waals surface area contributed by atoms with Crippen molar-refractivity contribution in [2.75, 3.05) is 26.2 Å². The quantitative estimate of drug-likeness (QED) is 0.437. The lowest BCUT2D eigenvalue weighted by Gasteiger charge is -2.24. The maximum atomic E-state index is 12.2. The summed E-state index contributed by atoms with van der Waals surface area (Å²) in [6, 6.07) is 10.3. The summed E-state index contributed by atoms with van der Waals surface area (Å²) in [5, 5.41) is 10.8. The minimum atomic E-state index is -1.05. The van der Waals surface area contributed by atoms with Crippen LogP contribution in [0.25, 0.3) is 0 Å². The van der Waals surface area contributed by atoms with E-state index in [1.165, 1.54) is 5.56 Å². The molecule has 0 aliphatic heterocycles. The number of terminal acetylenes is 1. The van der Waals surface area contributed by atoms with Gasteiger partial charge in [0.1, 0.15) is 6.61 Å². The Labute approximate surface area is 187 Å². The van der Waals surface area contributed by atoms with Gasteiger partial charge in [0.05, 0.1) is 0 Å². The van der Waals surface area contributed by atoms with E-state index in [0.717, 1.165) is 18.4 Å². The smallest absolute Gasteiger partial charge is 0.410 e. The molecular formula is C25H36N2O4. The lowest BCUT2D eigenvalue weighted by Crippen LogP contribution is -2.37. The van der Waals surface area contributed by atoms with Crippen LogP contribution in [0.1, 0.15) is 38.7 Å². The van der Waals surface area contributed by atoms with Gasteiger partial charge in [-0.25, -0.2) is 9.59 Å². The minimum Gasteiger partial charge on any atom is -0.465 e. The van der Waals surface area contributed by atoms with Crippen LogP contribution in [-0.4, -0.2) is 48.4 Å². The number of amides is 2. The van der Waals surface area contributed by atoms with Gasteiger partial charge in [0.15, 0.2) is 0 Å². The van der Waals surface area contributed by atoms with Crippen LogP contribution in [-0.2, 0) is 4.74 Å². The van der Waals surface area contributed by atoms with Crippen molar-refractivity contribution in [1.82, 2.24) is 10.2 Å². The Morgan fingerprint density at radius 1 is 1.19 bits per heavy atom. The Hall–Kier alpha value is -3.20. The van der Waals surface area contributed by atoms with Crippen LogP contribution in [0.4, 0.5) is 9.59 Å². The summed E-state index contributed by atoms with van der Waals surface area (Å²) < 4.78 is 5.35. The van der Waals surface area contributed by atoms with Crippen LogP contribution in [0.2, 0.25) is 0 Å². The number of carbonyl (C=O) groups is 2. The number of allylic oxidation sites excluding steroid dienone is 2. The Morgan fingerprint density at radius 2 is 1.87 bits per heavy atom. The summed E-state index contributed by atoms with van der Waals surface area (Å²) in [5.41, 5.74) is 2.35. The molecule has 0 radical (unpaired) electrons. The maximum Gasteiger partial charge on any atom is 0.410 e. The summed E-state index contributed by atoms with van der Waals surface area (Å²) >= 11 is 0. The number of rotatable bonds is 8. The molecule has 0 saturated heterocycles. The second kappa shape index (κ2) is 17.6. The summed E-state index contributed by atoms with van der Waals surface area (Å²) in [4.78, 5) is 24.2. The summed E-state index contributed by atoms with van der Waals surface area (Å²) in [6.45, 7) is 7.83. The maximum absolute atomic E-state index is 12.2. The number of hydrogen-bond acceptors (Lipinski definition) is 3. The molecule has 6 heteroatoms. The largest absolute Gasteiger partial charge is 0.465 e. The van der Waals surface area contributed by atoms with Crippen LogP contribution in [0.5, 0.6) is 0 Å². The molecule has 1 aliphatic carbocycles. The molecule has 0 atom stereocenters. The number of nitrogens with zero attached hydrogens (tertiary/aromatic N) is 1. The lowest BCUT2D eigenvalue weighted by molar-refractivity contribution is 0.105. The van der Waals surface area contributed by atoms with E-state index < -0.39 is 6.09 Å². The second-order valence-corrected chi connectivity index (χ2v) is 7.39. The zero-order chi connectivity index (χ0) is 23.5. The molecule has 0 bridgehead atoms. The molecule has 2 N–H and O–H groups in total. The molecule has 0 heterocycles. The van der Waals surface area contributed by atoms with Crippen molar-refractivity contribution in [1.29, 1.82) is 0 Å². The molecule has 1 aromatic rings. The van der Waals surface area contributed by atoms with Gasteiger partial charge in [-0.2, -0.15) is 0 Å². The highest BCUT2D eigenvalue weighted by Crippen LogP contribution is 2.11. The molecule has 170 valence electrons. The summed E-state index contributed by atoms with van der Waals surface area (Å²) in [7, 11) is 0. The van der Waals surface area contributed by atoms with Crippen molar-refractivity contribution >= 4 is 12.2 Å². The van der Waals surface area contributed by atoms with Crippen molar-refractivity contribution < 1.29 is 19.4 Å². The Kier molecular flexibility index (Phi) is 15.8. The van der Waals surface area contributed by atoms with Gasteiger partial charge < -0.3 is 20.1 Å². The van der Waals surface area contributed by atoms with Crippen LogP contribution in [0.3, 0.4) is 0 Å². The molecule has 0 spiro atoms. The van der Waals surface area contributed by atoms with Crippen LogP contribution >= 0.6 is 0 Å². The van der Waals surface area contributed by atoms with E-state index in [4.69, 9.17) is 9.84 Å². The predicted octanol–water partition coefficient (Wildman–Crippen LogP) is 5.26. The molecule has 0 saturated carbocycles. The molecule has 6 nitrogen and oxygen atoms in total. The van der Waals surface area contributed by atoms with Crippen molar-refractivity contribution in [3.8, 4) is 12.8 Å². The number of aryl methyl sites for hydroxylation is 1. The minimum absolute atomic E-state index is 0.289. The molecule has 0 aromatic heterocycles. The average Bonchev–Trinajstić information content (AvgIpc) is 2.77. The van der Waals surface area contributed by atoms with Gasteiger partial charge >= 0.3 is 12.2 Å². The van der Waals surface area contributed by atoms with Gasteiger partial charge in [-0.15, -0.1) is 12.8 Å². The zero-order valence-corrected chi connectivity index (χ0v) is 18.9. The number of benzene rings is 1. The average molecular weight is 429 g/mol. The van der Waals surface area contributed by atoms with E-state index in [1.54, 1.807) is 4.90 Å². The highest BCUT2D eigenvalue weighted by atomic mass is 16.6. The van der Waals surface area contributed by atoms with Crippen LogP contribution < -0.4 is 5.32 Å². The van der Waals surface area contributed by atoms with Crippen LogP contribution in [0.15, 0.2) is 54.1 Å². The van der Waals surface area contributed by atoms with Gasteiger partial charge in [0.25, 0.3) is 0 Å². The molecule has 0 unspecified atom stereocenters. The van der Waals surface area contributed by atoms with Crippen molar-refractivity contribution in [2.24, 2.45) is 5.92 Å². The van der Waals surface area contributed by atoms with E-state index >= 15 is 0 Å². The SMILES string of the molecule is C#C.CC(C)CN(CCCNC(=O)O)C(=O)OCC1=CCCC=C1.Cc1ccccc1. The first-order chi connectivity index (χ1) is 14.9. The standard InChI is InChI=1S/C16H26N2O4.C7H8.C2H2/c1-13(2)11-18(10-6-9-17-15(19)20)16(21)22-12-14-7-4-3-5-8-14;1-7-5-3-2-4-6-7;1-2/h4,7-8,13,17H,3,5-6,9-12H2,1-2H3,(H,19,20);2-6H,1H3;1-2H. The Morgan fingerprint density at radius 3 is 2.35 bits per heavy atom. The van der Waals surface area contributed by atoms with Crippen molar-refractivity contribution in [2.45, 2.75) is 40.0 Å². The third-order valence-corrected chi connectivity index (χ3v) is 4.10. The summed E-state index contributed by atoms with van der Waals surface area (Å²) in [5.74, 6) is 0.328. The van der Waals surface area contributed by atoms with Gasteiger partial charge in [-0.3, -0.25) is 0 Å². The van der Waals surface area contributed by atoms with E-state index in [9.17, 15) is 9.59 Å². The van der Waals surface area contributed by atoms with E-state index in [2.05, 4.69) is 49.4 Å². The Bertz CT molecular complexity index is 709. The first kappa shape index (κ1) is 27.8. The molecule has 1 aromatic carbocycles. The molecule has 0 fully saturated rings. The zero-order valence-electron chi connectivity index (χ0n) is 18.9. The number of ether oxygens (including phenoxy) is 1. The van der Waals surface area contributed by atoms with E-state index in [-0.39, 0.29) is 12.7 Å². The molecule has 2 amide bonds. The third kappa shape index (κ3) is 15.3. The van der Waals surface area contributed by atoms with Gasteiger partial charge in [0.2, 0.25) is 0 Å². The number of nitrogens with one attached hydrogen (secondary N) is 1. The fourth-order valence-electron chi connectivity index (χ4n) is 2.71. The molecular weight excluding hydrogens is 392 g/mol. The number of carboxylic acid groups (broad SMARTS) is 1. The Balaban J connectivity index is 0.000000831. The van der Waals surface area contributed by atoms with E-state index in [0.29, 0.717) is 32.0 Å². The first-order valence-electron chi connectivity index (χ1n) is 10.5. The normalized spacial score (nSPS) is 11.7. The predicted molar refractivity (Wildman–Crippen MR) is 126 cm³/mol. The molecule has 31 heavy (non-hydrogen) atoms. The number of hydrogen-bond donors (Lipinski definition) is 2.